The fraction of sp³-hybridized carbons (Fsp3) is 0.562. The Balaban J connectivity index is 1.97. The predicted molar refractivity (Wildman–Crippen MR) is 77.7 cm³/mol. The van der Waals surface area contributed by atoms with E-state index in [1.54, 1.807) is 0 Å². The van der Waals surface area contributed by atoms with Crippen LogP contribution in [0.15, 0.2) is 18.2 Å². The van der Waals surface area contributed by atoms with Crippen LogP contribution in [0.3, 0.4) is 0 Å². The minimum atomic E-state index is -0.405. The summed E-state index contributed by atoms with van der Waals surface area (Å²) in [6, 6.07) is 5.67. The Morgan fingerprint density at radius 1 is 1.50 bits per heavy atom. The lowest BCUT2D eigenvalue weighted by atomic mass is 9.89. The van der Waals surface area contributed by atoms with E-state index in [9.17, 15) is 9.90 Å². The van der Waals surface area contributed by atoms with E-state index in [1.807, 2.05) is 18.2 Å². The Bertz CT molecular complexity index is 471. The maximum Gasteiger partial charge on any atom is 0.257 e. The molecule has 2 rings (SSSR count). The number of benzene rings is 1. The van der Waals surface area contributed by atoms with Gasteiger partial charge in [0.2, 0.25) is 0 Å². The van der Waals surface area contributed by atoms with Crippen molar-refractivity contribution < 1.29 is 14.6 Å². The largest absolute Gasteiger partial charge is 0.483 e. The molecular weight excluding hydrogens is 254 g/mol. The highest BCUT2D eigenvalue weighted by molar-refractivity contribution is 5.77. The Kier molecular flexibility index (Phi) is 5.01. The number of fused-ring (bicyclic) bond motifs is 1. The van der Waals surface area contributed by atoms with Crippen LogP contribution in [-0.4, -0.2) is 24.2 Å². The highest BCUT2D eigenvalue weighted by Crippen LogP contribution is 2.35. The number of ether oxygens (including phenoxy) is 1. The van der Waals surface area contributed by atoms with Crippen LogP contribution in [0, 0.1) is 5.92 Å². The standard InChI is InChI=1S/C16H23NO3/c1-11(2)9-17-16(19)10-20-15-8-4-5-12-13(15)6-3-7-14(12)18/h4-5,8,11,14,18H,3,6-7,9-10H2,1-2H3,(H,17,19). The lowest BCUT2D eigenvalue weighted by Gasteiger charge is -2.23. The van der Waals surface area contributed by atoms with E-state index in [0.29, 0.717) is 12.5 Å². The van der Waals surface area contributed by atoms with Crippen molar-refractivity contribution in [3.8, 4) is 5.75 Å². The van der Waals surface area contributed by atoms with Crippen LogP contribution in [0.5, 0.6) is 5.75 Å². The van der Waals surface area contributed by atoms with Gasteiger partial charge >= 0.3 is 0 Å². The Morgan fingerprint density at radius 2 is 2.30 bits per heavy atom. The summed E-state index contributed by atoms with van der Waals surface area (Å²) in [5, 5.41) is 12.8. The molecule has 1 aromatic rings. The third-order valence-electron chi connectivity index (χ3n) is 3.50. The third kappa shape index (κ3) is 3.73. The zero-order valence-electron chi connectivity index (χ0n) is 12.2. The zero-order valence-corrected chi connectivity index (χ0v) is 12.2. The molecule has 1 aromatic carbocycles. The SMILES string of the molecule is CC(C)CNC(=O)COc1cccc2c1CCCC2O. The Morgan fingerprint density at radius 3 is 3.05 bits per heavy atom. The second-order valence-electron chi connectivity index (χ2n) is 5.72. The zero-order chi connectivity index (χ0) is 14.5. The third-order valence-corrected chi connectivity index (χ3v) is 3.50. The molecule has 0 spiro atoms. The van der Waals surface area contributed by atoms with Crippen molar-refractivity contribution in [3.63, 3.8) is 0 Å². The summed E-state index contributed by atoms with van der Waals surface area (Å²) in [7, 11) is 0. The maximum absolute atomic E-state index is 11.7. The predicted octanol–water partition coefficient (Wildman–Crippen LogP) is 2.21. The lowest BCUT2D eigenvalue weighted by Crippen LogP contribution is -2.32. The van der Waals surface area contributed by atoms with Gasteiger partial charge in [-0.15, -0.1) is 0 Å². The monoisotopic (exact) mass is 277 g/mol. The first-order valence-electron chi connectivity index (χ1n) is 7.27. The first-order valence-corrected chi connectivity index (χ1v) is 7.27. The molecule has 2 N–H and O–H groups in total. The molecule has 1 unspecified atom stereocenters. The highest BCUT2D eigenvalue weighted by atomic mass is 16.5. The van der Waals surface area contributed by atoms with Gasteiger partial charge in [0.1, 0.15) is 5.75 Å². The average Bonchev–Trinajstić information content (AvgIpc) is 2.43. The molecule has 0 heterocycles. The fourth-order valence-electron chi connectivity index (χ4n) is 2.44. The molecule has 0 saturated carbocycles. The van der Waals surface area contributed by atoms with Crippen LogP contribution in [0.25, 0.3) is 0 Å². The van der Waals surface area contributed by atoms with Gasteiger partial charge in [-0.25, -0.2) is 0 Å². The van der Waals surface area contributed by atoms with Crippen LogP contribution >= 0.6 is 0 Å². The number of aliphatic hydroxyl groups excluding tert-OH is 1. The van der Waals surface area contributed by atoms with E-state index < -0.39 is 6.10 Å². The first-order chi connectivity index (χ1) is 9.58. The van der Waals surface area contributed by atoms with Gasteiger partial charge in [-0.1, -0.05) is 26.0 Å². The number of hydrogen-bond donors (Lipinski definition) is 2. The molecule has 0 fully saturated rings. The normalized spacial score (nSPS) is 17.7. The average molecular weight is 277 g/mol. The number of amides is 1. The van der Waals surface area contributed by atoms with Gasteiger partial charge in [0.15, 0.2) is 6.61 Å². The van der Waals surface area contributed by atoms with Gasteiger partial charge in [-0.05, 0) is 42.4 Å². The van der Waals surface area contributed by atoms with Crippen LogP contribution in [0.2, 0.25) is 0 Å². The molecule has 110 valence electrons. The van der Waals surface area contributed by atoms with Crippen LogP contribution in [0.4, 0.5) is 0 Å². The summed E-state index contributed by atoms with van der Waals surface area (Å²) in [6.07, 6.45) is 2.24. The van der Waals surface area contributed by atoms with E-state index in [1.165, 1.54) is 0 Å². The van der Waals surface area contributed by atoms with E-state index in [2.05, 4.69) is 19.2 Å². The summed E-state index contributed by atoms with van der Waals surface area (Å²) >= 11 is 0. The molecule has 1 amide bonds. The van der Waals surface area contributed by atoms with Crippen molar-refractivity contribution in [3.05, 3.63) is 29.3 Å². The van der Waals surface area contributed by atoms with E-state index in [4.69, 9.17) is 4.74 Å². The van der Waals surface area contributed by atoms with E-state index in [0.717, 1.165) is 36.1 Å². The molecule has 4 heteroatoms. The van der Waals surface area contributed by atoms with E-state index in [-0.39, 0.29) is 12.5 Å². The number of hydrogen-bond acceptors (Lipinski definition) is 3. The second-order valence-corrected chi connectivity index (χ2v) is 5.72. The van der Waals surface area contributed by atoms with Crippen molar-refractivity contribution in [2.45, 2.75) is 39.2 Å². The molecule has 0 saturated heterocycles. The number of nitrogens with one attached hydrogen (secondary N) is 1. The molecule has 1 aliphatic carbocycles. The molecule has 1 atom stereocenters. The van der Waals surface area contributed by atoms with Crippen LogP contribution in [0.1, 0.15) is 43.9 Å². The lowest BCUT2D eigenvalue weighted by molar-refractivity contribution is -0.123. The maximum atomic E-state index is 11.7. The van der Waals surface area contributed by atoms with Crippen molar-refractivity contribution >= 4 is 5.91 Å². The minimum absolute atomic E-state index is 0.0271. The van der Waals surface area contributed by atoms with Gasteiger partial charge < -0.3 is 15.2 Å². The number of carbonyl (C=O) groups is 1. The summed E-state index contributed by atoms with van der Waals surface area (Å²) in [5.74, 6) is 1.05. The van der Waals surface area contributed by atoms with E-state index >= 15 is 0 Å². The Labute approximate surface area is 120 Å². The van der Waals surface area contributed by atoms with Crippen molar-refractivity contribution in [2.24, 2.45) is 5.92 Å². The van der Waals surface area contributed by atoms with Gasteiger partial charge in [-0.3, -0.25) is 4.79 Å². The summed E-state index contributed by atoms with van der Waals surface area (Å²) in [6.45, 7) is 4.79. The minimum Gasteiger partial charge on any atom is -0.483 e. The number of carbonyl (C=O) groups excluding carboxylic acids is 1. The molecular formula is C16H23NO3. The Hall–Kier alpha value is -1.55. The first kappa shape index (κ1) is 14.9. The van der Waals surface area contributed by atoms with Gasteiger partial charge in [-0.2, -0.15) is 0 Å². The number of rotatable bonds is 5. The molecule has 0 aliphatic heterocycles. The molecule has 20 heavy (non-hydrogen) atoms. The molecule has 1 aliphatic rings. The van der Waals surface area contributed by atoms with Gasteiger partial charge in [0.05, 0.1) is 6.10 Å². The topological polar surface area (TPSA) is 58.6 Å². The molecule has 0 radical (unpaired) electrons. The van der Waals surface area contributed by atoms with Crippen LogP contribution in [-0.2, 0) is 11.2 Å². The summed E-state index contributed by atoms with van der Waals surface area (Å²) in [5.41, 5.74) is 1.99. The quantitative estimate of drug-likeness (QED) is 0.867. The number of aliphatic hydroxyl groups is 1. The van der Waals surface area contributed by atoms with Crippen molar-refractivity contribution in [1.29, 1.82) is 0 Å². The summed E-state index contributed by atoms with van der Waals surface area (Å²) in [4.78, 5) is 11.7. The van der Waals surface area contributed by atoms with Gasteiger partial charge in [0, 0.05) is 6.54 Å². The summed E-state index contributed by atoms with van der Waals surface area (Å²) < 4.78 is 5.62. The molecule has 4 nitrogen and oxygen atoms in total. The fourth-order valence-corrected chi connectivity index (χ4v) is 2.44. The van der Waals surface area contributed by atoms with Crippen molar-refractivity contribution in [2.75, 3.05) is 13.2 Å². The van der Waals surface area contributed by atoms with Crippen LogP contribution < -0.4 is 10.1 Å². The van der Waals surface area contributed by atoms with Gasteiger partial charge in [0.25, 0.3) is 5.91 Å². The second kappa shape index (κ2) is 6.75. The highest BCUT2D eigenvalue weighted by Gasteiger charge is 2.21. The smallest absolute Gasteiger partial charge is 0.257 e. The molecule has 0 aromatic heterocycles. The molecule has 0 bridgehead atoms. The van der Waals surface area contributed by atoms with Crippen molar-refractivity contribution in [1.82, 2.24) is 5.32 Å².